The number of non-ortho nitro benzene ring substituents is 1. The van der Waals surface area contributed by atoms with Gasteiger partial charge in [-0.1, -0.05) is 65.7 Å². The summed E-state index contributed by atoms with van der Waals surface area (Å²) < 4.78 is 0. The summed E-state index contributed by atoms with van der Waals surface area (Å²) in [5.74, 6) is 0.151. The van der Waals surface area contributed by atoms with Crippen LogP contribution in [0.15, 0.2) is 96.0 Å². The van der Waals surface area contributed by atoms with E-state index in [4.69, 9.17) is 4.99 Å². The average molecular weight is 511 g/mol. The van der Waals surface area contributed by atoms with E-state index in [1.54, 1.807) is 66.7 Å². The van der Waals surface area contributed by atoms with Gasteiger partial charge in [-0.3, -0.25) is 35.2 Å². The second-order valence-corrected chi connectivity index (χ2v) is 8.41. The highest BCUT2D eigenvalue weighted by Gasteiger charge is 2.37. The zero-order chi connectivity index (χ0) is 27.4. The molecule has 0 atom stereocenters. The predicted octanol–water partition coefficient (Wildman–Crippen LogP) is 6.94. The Bertz CT molecular complexity index is 1520. The van der Waals surface area contributed by atoms with Crippen LogP contribution in [0.3, 0.4) is 0 Å². The number of anilines is 2. The van der Waals surface area contributed by atoms with Crippen molar-refractivity contribution in [2.75, 3.05) is 4.90 Å². The molecule has 0 aromatic heterocycles. The molecule has 11 nitrogen and oxygen atoms in total. The maximum Gasteiger partial charge on any atom is 0.307 e. The van der Waals surface area contributed by atoms with E-state index in [-0.39, 0.29) is 5.84 Å². The van der Waals surface area contributed by atoms with E-state index in [0.29, 0.717) is 16.9 Å². The van der Waals surface area contributed by atoms with Crippen molar-refractivity contribution in [1.82, 2.24) is 0 Å². The Hall–Kier alpha value is -5.45. The van der Waals surface area contributed by atoms with E-state index in [1.165, 1.54) is 4.90 Å². The summed E-state index contributed by atoms with van der Waals surface area (Å²) in [5, 5.41) is 35.9. The summed E-state index contributed by atoms with van der Waals surface area (Å²) in [6.45, 7) is 3.76. The fourth-order valence-corrected chi connectivity index (χ4v) is 3.83. The highest BCUT2D eigenvalue weighted by Crippen LogP contribution is 2.45. The van der Waals surface area contributed by atoms with Gasteiger partial charge in [-0.25, -0.2) is 4.99 Å². The van der Waals surface area contributed by atoms with Crippen LogP contribution in [-0.4, -0.2) is 20.6 Å². The Balaban J connectivity index is 2.14. The summed E-state index contributed by atoms with van der Waals surface area (Å²) in [6.07, 6.45) is 0. The van der Waals surface area contributed by atoms with Gasteiger partial charge in [0.1, 0.15) is 5.84 Å². The van der Waals surface area contributed by atoms with E-state index in [9.17, 15) is 30.3 Å². The number of nitrogens with zero attached hydrogens (tertiary/aromatic N) is 5. The first-order valence-electron chi connectivity index (χ1n) is 11.3. The zero-order valence-electron chi connectivity index (χ0n) is 20.3. The molecular weight excluding hydrogens is 490 g/mol. The van der Waals surface area contributed by atoms with Crippen LogP contribution in [-0.2, 0) is 0 Å². The lowest BCUT2D eigenvalue weighted by molar-refractivity contribution is -0.402. The Kier molecular flexibility index (Phi) is 7.19. The number of aliphatic imine (C=N–C) groups is 1. The highest BCUT2D eigenvalue weighted by atomic mass is 16.6. The molecule has 0 saturated carbocycles. The van der Waals surface area contributed by atoms with Crippen LogP contribution in [0.2, 0.25) is 0 Å². The zero-order valence-corrected chi connectivity index (χ0v) is 20.3. The number of amidine groups is 1. The molecule has 0 radical (unpaired) electrons. The van der Waals surface area contributed by atoms with Crippen molar-refractivity contribution in [2.45, 2.75) is 13.8 Å². The second-order valence-electron chi connectivity index (χ2n) is 8.41. The van der Waals surface area contributed by atoms with E-state index >= 15 is 0 Å². The van der Waals surface area contributed by atoms with Crippen LogP contribution in [0.4, 0.5) is 34.1 Å². The number of hydrogen-bond acceptors (Lipinski definition) is 7. The average Bonchev–Trinajstić information content (AvgIpc) is 2.90. The molecular formula is C27H21N5O6. The Morgan fingerprint density at radius 2 is 1.18 bits per heavy atom. The summed E-state index contributed by atoms with van der Waals surface area (Å²) in [4.78, 5) is 39.3. The third kappa shape index (κ3) is 5.36. The standard InChI is InChI=1S/C27H21N5O6/c1-18-8-12-21(13-9-18)28-27(20-6-4-3-5-7-20)29(22-14-10-19(2)11-15-22)26-24(31(35)36)16-23(30(33)34)17-25(26)32(37)38/h3-17H,1-2H3. The van der Waals surface area contributed by atoms with Crippen molar-refractivity contribution in [3.05, 3.63) is 138 Å². The van der Waals surface area contributed by atoms with E-state index in [2.05, 4.69) is 0 Å². The van der Waals surface area contributed by atoms with Crippen LogP contribution < -0.4 is 4.90 Å². The minimum absolute atomic E-state index is 0.151. The highest BCUT2D eigenvalue weighted by molar-refractivity contribution is 6.17. The Morgan fingerprint density at radius 3 is 1.66 bits per heavy atom. The van der Waals surface area contributed by atoms with Crippen LogP contribution in [0.25, 0.3) is 0 Å². The molecule has 0 aliphatic heterocycles. The van der Waals surface area contributed by atoms with Gasteiger partial charge in [0.25, 0.3) is 5.69 Å². The topological polar surface area (TPSA) is 145 Å². The second kappa shape index (κ2) is 10.7. The van der Waals surface area contributed by atoms with Gasteiger partial charge in [0, 0.05) is 11.3 Å². The molecule has 38 heavy (non-hydrogen) atoms. The van der Waals surface area contributed by atoms with Crippen LogP contribution in [0.5, 0.6) is 0 Å². The van der Waals surface area contributed by atoms with Gasteiger partial charge in [-0.05, 0) is 38.1 Å². The minimum Gasteiger partial charge on any atom is -0.282 e. The van der Waals surface area contributed by atoms with Crippen molar-refractivity contribution in [1.29, 1.82) is 0 Å². The van der Waals surface area contributed by atoms with Crippen LogP contribution >= 0.6 is 0 Å². The molecule has 0 amide bonds. The van der Waals surface area contributed by atoms with Crippen molar-refractivity contribution in [3.63, 3.8) is 0 Å². The molecule has 0 N–H and O–H groups in total. The summed E-state index contributed by atoms with van der Waals surface area (Å²) in [6, 6.07) is 24.1. The molecule has 0 spiro atoms. The van der Waals surface area contributed by atoms with E-state index in [0.717, 1.165) is 23.3 Å². The number of benzene rings is 4. The number of aryl methyl sites for hydroxylation is 2. The molecule has 11 heteroatoms. The third-order valence-corrected chi connectivity index (χ3v) is 5.69. The SMILES string of the molecule is Cc1ccc(N=C(c2ccccc2)N(c2ccc(C)cc2)c2c([N+](=O)[O-])cc([N+](=O)[O-])cc2[N+](=O)[O-])cc1. The van der Waals surface area contributed by atoms with Crippen LogP contribution in [0.1, 0.15) is 16.7 Å². The lowest BCUT2D eigenvalue weighted by Gasteiger charge is -2.26. The molecule has 0 aliphatic carbocycles. The number of nitro groups is 3. The molecule has 0 aliphatic rings. The quantitative estimate of drug-likeness (QED) is 0.113. The smallest absolute Gasteiger partial charge is 0.282 e. The van der Waals surface area contributed by atoms with Crippen molar-refractivity contribution >= 4 is 40.0 Å². The van der Waals surface area contributed by atoms with Crippen LogP contribution in [0, 0.1) is 44.2 Å². The molecule has 4 rings (SSSR count). The molecule has 0 unspecified atom stereocenters. The van der Waals surface area contributed by atoms with Gasteiger partial charge in [-0.15, -0.1) is 0 Å². The van der Waals surface area contributed by atoms with Gasteiger partial charge >= 0.3 is 11.4 Å². The number of hydrogen-bond donors (Lipinski definition) is 0. The molecule has 0 bridgehead atoms. The summed E-state index contributed by atoms with van der Waals surface area (Å²) in [7, 11) is 0. The largest absolute Gasteiger partial charge is 0.307 e. The van der Waals surface area contributed by atoms with E-state index in [1.807, 2.05) is 26.0 Å². The minimum atomic E-state index is -0.904. The maximum atomic E-state index is 12.2. The normalized spacial score (nSPS) is 11.2. The Morgan fingerprint density at radius 1 is 0.684 bits per heavy atom. The maximum absolute atomic E-state index is 12.2. The van der Waals surface area contributed by atoms with Crippen molar-refractivity contribution in [3.8, 4) is 0 Å². The first kappa shape index (κ1) is 25.6. The molecule has 4 aromatic carbocycles. The van der Waals surface area contributed by atoms with Gasteiger partial charge < -0.3 is 0 Å². The molecule has 190 valence electrons. The van der Waals surface area contributed by atoms with Gasteiger partial charge in [-0.2, -0.15) is 0 Å². The first-order valence-corrected chi connectivity index (χ1v) is 11.3. The molecule has 0 fully saturated rings. The van der Waals surface area contributed by atoms with Gasteiger partial charge in [0.15, 0.2) is 0 Å². The molecule has 0 heterocycles. The van der Waals surface area contributed by atoms with Gasteiger partial charge in [0.05, 0.1) is 32.6 Å². The number of nitro benzene ring substituents is 3. The first-order chi connectivity index (χ1) is 18.2. The summed E-state index contributed by atoms with van der Waals surface area (Å²) in [5.41, 5.74) is 0.384. The van der Waals surface area contributed by atoms with Crippen molar-refractivity contribution < 1.29 is 14.8 Å². The fourth-order valence-electron chi connectivity index (χ4n) is 3.83. The van der Waals surface area contributed by atoms with Gasteiger partial charge in [0.2, 0.25) is 5.69 Å². The lowest BCUT2D eigenvalue weighted by Crippen LogP contribution is -2.28. The summed E-state index contributed by atoms with van der Waals surface area (Å²) >= 11 is 0. The Labute approximate surface area is 216 Å². The predicted molar refractivity (Wildman–Crippen MR) is 144 cm³/mol. The van der Waals surface area contributed by atoms with Crippen molar-refractivity contribution in [2.24, 2.45) is 4.99 Å². The third-order valence-electron chi connectivity index (χ3n) is 5.69. The fraction of sp³-hybridized carbons (Fsp3) is 0.0741. The monoisotopic (exact) mass is 511 g/mol. The number of rotatable bonds is 7. The molecule has 0 saturated heterocycles. The molecule has 4 aromatic rings. The van der Waals surface area contributed by atoms with E-state index < -0.39 is 37.5 Å². The lowest BCUT2D eigenvalue weighted by atomic mass is 10.1.